The molecule has 1 unspecified atom stereocenters. The lowest BCUT2D eigenvalue weighted by Crippen LogP contribution is -2.23. The van der Waals surface area contributed by atoms with Gasteiger partial charge in [0, 0.05) is 23.8 Å². The van der Waals surface area contributed by atoms with Gasteiger partial charge in [-0.3, -0.25) is 4.68 Å². The Hall–Kier alpha value is -1.13. The molecule has 0 saturated heterocycles. The van der Waals surface area contributed by atoms with Crippen LogP contribution in [0.4, 0.5) is 0 Å². The second-order valence-corrected chi connectivity index (χ2v) is 5.57. The fourth-order valence-corrected chi connectivity index (χ4v) is 2.47. The van der Waals surface area contributed by atoms with Crippen molar-refractivity contribution < 1.29 is 0 Å². The van der Waals surface area contributed by atoms with Crippen molar-refractivity contribution in [3.05, 3.63) is 52.3 Å². The summed E-state index contributed by atoms with van der Waals surface area (Å²) in [5.41, 5.74) is 8.70. The van der Waals surface area contributed by atoms with E-state index in [9.17, 15) is 0 Å². The van der Waals surface area contributed by atoms with Crippen LogP contribution in [0, 0.1) is 0 Å². The lowest BCUT2D eigenvalue weighted by Gasteiger charge is -2.11. The normalized spacial score (nSPS) is 12.6. The van der Waals surface area contributed by atoms with Crippen molar-refractivity contribution >= 4 is 15.9 Å². The first kappa shape index (κ1) is 13.3. The Balaban J connectivity index is 1.83. The smallest absolute Gasteiger partial charge is 0.0521 e. The highest BCUT2D eigenvalue weighted by atomic mass is 79.9. The van der Waals surface area contributed by atoms with E-state index in [4.69, 9.17) is 5.73 Å². The number of nitrogens with two attached hydrogens (primary N) is 1. The van der Waals surface area contributed by atoms with Crippen LogP contribution < -0.4 is 5.73 Å². The number of aromatic nitrogens is 2. The number of hydrogen-bond acceptors (Lipinski definition) is 2. The summed E-state index contributed by atoms with van der Waals surface area (Å²) in [7, 11) is 1.94. The SMILES string of the molecule is Cn1cc(CCC(N)Cc2cccc(Br)c2)cn1. The van der Waals surface area contributed by atoms with Crippen molar-refractivity contribution in [2.24, 2.45) is 12.8 Å². The fourth-order valence-electron chi connectivity index (χ4n) is 2.02. The van der Waals surface area contributed by atoms with Crippen LogP contribution in [0.15, 0.2) is 41.1 Å². The highest BCUT2D eigenvalue weighted by molar-refractivity contribution is 9.10. The van der Waals surface area contributed by atoms with E-state index in [1.54, 1.807) is 0 Å². The van der Waals surface area contributed by atoms with Crippen LogP contribution in [0.3, 0.4) is 0 Å². The zero-order valence-electron chi connectivity index (χ0n) is 10.5. The minimum atomic E-state index is 0.194. The lowest BCUT2D eigenvalue weighted by atomic mass is 10.0. The van der Waals surface area contributed by atoms with Gasteiger partial charge in [0.25, 0.3) is 0 Å². The predicted molar refractivity (Wildman–Crippen MR) is 77.4 cm³/mol. The number of halogens is 1. The average molecular weight is 308 g/mol. The summed E-state index contributed by atoms with van der Waals surface area (Å²) in [4.78, 5) is 0. The molecule has 0 fully saturated rings. The van der Waals surface area contributed by atoms with E-state index in [2.05, 4.69) is 33.2 Å². The van der Waals surface area contributed by atoms with Gasteiger partial charge < -0.3 is 5.73 Å². The Bertz CT molecular complexity index is 507. The van der Waals surface area contributed by atoms with Crippen molar-refractivity contribution in [2.45, 2.75) is 25.3 Å². The highest BCUT2D eigenvalue weighted by Gasteiger charge is 2.06. The molecule has 0 aliphatic rings. The van der Waals surface area contributed by atoms with E-state index in [0.29, 0.717) is 0 Å². The Labute approximate surface area is 116 Å². The van der Waals surface area contributed by atoms with Crippen LogP contribution >= 0.6 is 15.9 Å². The minimum absolute atomic E-state index is 0.194. The van der Waals surface area contributed by atoms with Crippen molar-refractivity contribution in [1.82, 2.24) is 9.78 Å². The minimum Gasteiger partial charge on any atom is -0.327 e. The van der Waals surface area contributed by atoms with E-state index in [-0.39, 0.29) is 6.04 Å². The summed E-state index contributed by atoms with van der Waals surface area (Å²) in [6, 6.07) is 8.52. The second kappa shape index (κ2) is 6.16. The zero-order chi connectivity index (χ0) is 13.0. The molecule has 1 aromatic carbocycles. The molecule has 0 spiro atoms. The van der Waals surface area contributed by atoms with E-state index in [1.165, 1.54) is 11.1 Å². The van der Waals surface area contributed by atoms with Crippen LogP contribution in [-0.2, 0) is 19.9 Å². The first-order valence-corrected chi connectivity index (χ1v) is 6.90. The van der Waals surface area contributed by atoms with Crippen LogP contribution in [0.5, 0.6) is 0 Å². The summed E-state index contributed by atoms with van der Waals surface area (Å²) in [6.07, 6.45) is 6.85. The third-order valence-corrected chi connectivity index (χ3v) is 3.44. The maximum Gasteiger partial charge on any atom is 0.0521 e. The summed E-state index contributed by atoms with van der Waals surface area (Å²) in [5.74, 6) is 0. The third kappa shape index (κ3) is 3.96. The Morgan fingerprint density at radius 1 is 1.39 bits per heavy atom. The van der Waals surface area contributed by atoms with Crippen LogP contribution in [0.2, 0.25) is 0 Å². The summed E-state index contributed by atoms with van der Waals surface area (Å²) in [5, 5.41) is 4.16. The van der Waals surface area contributed by atoms with Crippen LogP contribution in [0.1, 0.15) is 17.5 Å². The quantitative estimate of drug-likeness (QED) is 0.923. The van der Waals surface area contributed by atoms with Gasteiger partial charge in [0.05, 0.1) is 6.20 Å². The summed E-state index contributed by atoms with van der Waals surface area (Å²) in [6.45, 7) is 0. The second-order valence-electron chi connectivity index (χ2n) is 4.66. The predicted octanol–water partition coefficient (Wildman–Crippen LogP) is 2.69. The van der Waals surface area contributed by atoms with Crippen molar-refractivity contribution in [3.63, 3.8) is 0 Å². The summed E-state index contributed by atoms with van der Waals surface area (Å²) >= 11 is 3.48. The number of benzene rings is 1. The van der Waals surface area contributed by atoms with E-state index in [0.717, 1.165) is 23.7 Å². The van der Waals surface area contributed by atoms with Gasteiger partial charge in [-0.2, -0.15) is 5.10 Å². The van der Waals surface area contributed by atoms with Gasteiger partial charge in [-0.25, -0.2) is 0 Å². The lowest BCUT2D eigenvalue weighted by molar-refractivity contribution is 0.610. The molecule has 3 nitrogen and oxygen atoms in total. The van der Waals surface area contributed by atoms with Gasteiger partial charge in [0.15, 0.2) is 0 Å². The molecule has 0 amide bonds. The number of rotatable bonds is 5. The van der Waals surface area contributed by atoms with Crippen LogP contribution in [0.25, 0.3) is 0 Å². The maximum atomic E-state index is 6.17. The summed E-state index contributed by atoms with van der Waals surface area (Å²) < 4.78 is 2.94. The van der Waals surface area contributed by atoms with Gasteiger partial charge in [-0.15, -0.1) is 0 Å². The Morgan fingerprint density at radius 3 is 2.89 bits per heavy atom. The molecule has 0 aliphatic heterocycles. The average Bonchev–Trinajstić information content (AvgIpc) is 2.73. The molecule has 2 aromatic rings. The molecule has 1 atom stereocenters. The molecule has 0 bridgehead atoms. The van der Waals surface area contributed by atoms with E-state index in [1.807, 2.05) is 36.3 Å². The molecule has 1 heterocycles. The molecule has 96 valence electrons. The third-order valence-electron chi connectivity index (χ3n) is 2.95. The highest BCUT2D eigenvalue weighted by Crippen LogP contribution is 2.14. The number of nitrogens with zero attached hydrogens (tertiary/aromatic N) is 2. The van der Waals surface area contributed by atoms with Crippen molar-refractivity contribution in [2.75, 3.05) is 0 Å². The van der Waals surface area contributed by atoms with Gasteiger partial charge >= 0.3 is 0 Å². The van der Waals surface area contributed by atoms with Crippen molar-refractivity contribution in [3.8, 4) is 0 Å². The molecule has 18 heavy (non-hydrogen) atoms. The van der Waals surface area contributed by atoms with E-state index < -0.39 is 0 Å². The first-order chi connectivity index (χ1) is 8.63. The van der Waals surface area contributed by atoms with Crippen LogP contribution in [-0.4, -0.2) is 15.8 Å². The molecule has 0 radical (unpaired) electrons. The molecular formula is C14H18BrN3. The van der Waals surface area contributed by atoms with Crippen molar-refractivity contribution in [1.29, 1.82) is 0 Å². The first-order valence-electron chi connectivity index (χ1n) is 6.11. The van der Waals surface area contributed by atoms with Gasteiger partial charge in [-0.1, -0.05) is 28.1 Å². The van der Waals surface area contributed by atoms with Gasteiger partial charge in [-0.05, 0) is 42.5 Å². The molecular weight excluding hydrogens is 290 g/mol. The van der Waals surface area contributed by atoms with E-state index >= 15 is 0 Å². The molecule has 0 aliphatic carbocycles. The molecule has 2 rings (SSSR count). The standard InChI is InChI=1S/C14H18BrN3/c1-18-10-12(9-17-18)5-6-14(16)8-11-3-2-4-13(15)7-11/h2-4,7,9-10,14H,5-6,8,16H2,1H3. The van der Waals surface area contributed by atoms with Gasteiger partial charge in [0.2, 0.25) is 0 Å². The molecule has 0 saturated carbocycles. The Kier molecular flexibility index (Phi) is 4.55. The molecule has 4 heteroatoms. The maximum absolute atomic E-state index is 6.17. The number of aryl methyl sites for hydroxylation is 2. The fraction of sp³-hybridized carbons (Fsp3) is 0.357. The number of hydrogen-bond donors (Lipinski definition) is 1. The van der Waals surface area contributed by atoms with Gasteiger partial charge in [0.1, 0.15) is 0 Å². The topological polar surface area (TPSA) is 43.8 Å². The zero-order valence-corrected chi connectivity index (χ0v) is 12.1. The Morgan fingerprint density at radius 2 is 2.22 bits per heavy atom. The largest absolute Gasteiger partial charge is 0.327 e. The molecule has 1 aromatic heterocycles. The monoisotopic (exact) mass is 307 g/mol. The molecule has 2 N–H and O–H groups in total.